The Labute approximate surface area is 88.1 Å². The fourth-order valence-corrected chi connectivity index (χ4v) is 1.85. The van der Waals surface area contributed by atoms with Gasteiger partial charge in [-0.1, -0.05) is 6.07 Å². The molecule has 84 valence electrons. The summed E-state index contributed by atoms with van der Waals surface area (Å²) in [6, 6.07) is 4.06. The predicted molar refractivity (Wildman–Crippen MR) is 54.6 cm³/mol. The number of nitrogens with one attached hydrogen (secondary N) is 1. The highest BCUT2D eigenvalue weighted by Gasteiger charge is 2.10. The Morgan fingerprint density at radius 2 is 2.13 bits per heavy atom. The molecule has 0 bridgehead atoms. The van der Waals surface area contributed by atoms with Crippen molar-refractivity contribution in [2.45, 2.75) is 5.75 Å². The molecule has 1 N–H and O–H groups in total. The molecule has 1 aromatic rings. The van der Waals surface area contributed by atoms with E-state index in [0.717, 1.165) is 6.07 Å². The van der Waals surface area contributed by atoms with Gasteiger partial charge in [-0.15, -0.1) is 0 Å². The van der Waals surface area contributed by atoms with Crippen LogP contribution in [0.4, 0.5) is 4.39 Å². The second-order valence-corrected chi connectivity index (χ2v) is 4.86. The summed E-state index contributed by atoms with van der Waals surface area (Å²) in [5, 5.41) is 0. The zero-order chi connectivity index (χ0) is 11.5. The smallest absolute Gasteiger partial charge is 0.215 e. The van der Waals surface area contributed by atoms with Crippen molar-refractivity contribution in [1.82, 2.24) is 4.72 Å². The monoisotopic (exact) mass is 233 g/mol. The van der Waals surface area contributed by atoms with Gasteiger partial charge in [0.25, 0.3) is 0 Å². The van der Waals surface area contributed by atoms with E-state index in [0.29, 0.717) is 5.56 Å². The van der Waals surface area contributed by atoms with Crippen LogP contribution in [0.15, 0.2) is 18.2 Å². The Morgan fingerprint density at radius 3 is 2.60 bits per heavy atom. The number of sulfonamides is 1. The normalized spacial score (nSPS) is 11.4. The molecule has 0 radical (unpaired) electrons. The summed E-state index contributed by atoms with van der Waals surface area (Å²) in [5.41, 5.74) is 0.377. The minimum atomic E-state index is -3.37. The lowest BCUT2D eigenvalue weighted by molar-refractivity contribution is 0.386. The maximum absolute atomic E-state index is 13.2. The number of benzene rings is 1. The SMILES string of the molecule is CNS(=O)(=O)Cc1ccc(OC)c(F)c1. The first-order valence-electron chi connectivity index (χ1n) is 4.22. The molecule has 0 fully saturated rings. The molecule has 0 saturated carbocycles. The van der Waals surface area contributed by atoms with E-state index in [1.807, 2.05) is 0 Å². The summed E-state index contributed by atoms with van der Waals surface area (Å²) in [6.07, 6.45) is 0. The standard InChI is InChI=1S/C9H12FNO3S/c1-11-15(12,13)6-7-3-4-9(14-2)8(10)5-7/h3-5,11H,6H2,1-2H3. The van der Waals surface area contributed by atoms with Crippen LogP contribution >= 0.6 is 0 Å². The first-order chi connectivity index (χ1) is 6.98. The first kappa shape index (κ1) is 11.9. The average Bonchev–Trinajstić information content (AvgIpc) is 2.17. The summed E-state index contributed by atoms with van der Waals surface area (Å²) < 4.78 is 42.4. The summed E-state index contributed by atoms with van der Waals surface area (Å²) in [6.45, 7) is 0. The highest BCUT2D eigenvalue weighted by atomic mass is 32.2. The van der Waals surface area contributed by atoms with E-state index in [2.05, 4.69) is 4.72 Å². The van der Waals surface area contributed by atoms with Crippen LogP contribution in [0.1, 0.15) is 5.56 Å². The van der Waals surface area contributed by atoms with Crippen molar-refractivity contribution in [3.63, 3.8) is 0 Å². The zero-order valence-corrected chi connectivity index (χ0v) is 9.27. The summed E-state index contributed by atoms with van der Waals surface area (Å²) in [5.74, 6) is -0.716. The van der Waals surface area contributed by atoms with Crippen LogP contribution in [0.3, 0.4) is 0 Å². The molecule has 0 saturated heterocycles. The molecule has 0 aliphatic rings. The van der Waals surface area contributed by atoms with Crippen molar-refractivity contribution in [2.75, 3.05) is 14.2 Å². The average molecular weight is 233 g/mol. The largest absolute Gasteiger partial charge is 0.494 e. The second-order valence-electron chi connectivity index (χ2n) is 2.93. The van der Waals surface area contributed by atoms with Crippen molar-refractivity contribution in [3.05, 3.63) is 29.6 Å². The number of rotatable bonds is 4. The van der Waals surface area contributed by atoms with Crippen molar-refractivity contribution < 1.29 is 17.5 Å². The van der Waals surface area contributed by atoms with Crippen LogP contribution in [0.2, 0.25) is 0 Å². The Bertz CT molecular complexity index is 445. The molecule has 0 heterocycles. The van der Waals surface area contributed by atoms with Gasteiger partial charge in [0, 0.05) is 0 Å². The molecule has 0 amide bonds. The predicted octanol–water partition coefficient (Wildman–Crippen LogP) is 0.883. The third-order valence-corrected chi connectivity index (χ3v) is 3.22. The van der Waals surface area contributed by atoms with Crippen LogP contribution in [-0.4, -0.2) is 22.6 Å². The zero-order valence-electron chi connectivity index (χ0n) is 8.45. The van der Waals surface area contributed by atoms with Crippen molar-refractivity contribution in [3.8, 4) is 5.75 Å². The molecule has 6 heteroatoms. The molecule has 0 aliphatic carbocycles. The molecule has 0 aliphatic heterocycles. The van der Waals surface area contributed by atoms with Crippen molar-refractivity contribution in [2.24, 2.45) is 0 Å². The topological polar surface area (TPSA) is 55.4 Å². The summed E-state index contributed by atoms with van der Waals surface area (Å²) in [4.78, 5) is 0. The lowest BCUT2D eigenvalue weighted by Gasteiger charge is -2.05. The van der Waals surface area contributed by atoms with Gasteiger partial charge in [-0.05, 0) is 24.7 Å². The molecule has 0 atom stereocenters. The van der Waals surface area contributed by atoms with Gasteiger partial charge in [0.05, 0.1) is 12.9 Å². The van der Waals surface area contributed by atoms with Crippen LogP contribution in [0.25, 0.3) is 0 Å². The van der Waals surface area contributed by atoms with Gasteiger partial charge in [0.1, 0.15) is 0 Å². The van der Waals surface area contributed by atoms with Gasteiger partial charge in [0.15, 0.2) is 11.6 Å². The number of ether oxygens (including phenoxy) is 1. The van der Waals surface area contributed by atoms with Gasteiger partial charge in [-0.3, -0.25) is 0 Å². The summed E-state index contributed by atoms with van der Waals surface area (Å²) in [7, 11) is -0.702. The number of hydrogen-bond acceptors (Lipinski definition) is 3. The molecular formula is C9H12FNO3S. The van der Waals surface area contributed by atoms with E-state index in [4.69, 9.17) is 4.74 Å². The molecule has 4 nitrogen and oxygen atoms in total. The van der Waals surface area contributed by atoms with E-state index in [1.54, 1.807) is 0 Å². The minimum Gasteiger partial charge on any atom is -0.494 e. The van der Waals surface area contributed by atoms with Crippen LogP contribution in [0, 0.1) is 5.82 Å². The van der Waals surface area contributed by atoms with E-state index in [1.165, 1.54) is 26.3 Å². The van der Waals surface area contributed by atoms with Gasteiger partial charge in [-0.2, -0.15) is 0 Å². The Hall–Kier alpha value is -1.14. The lowest BCUT2D eigenvalue weighted by atomic mass is 10.2. The first-order valence-corrected chi connectivity index (χ1v) is 5.87. The van der Waals surface area contributed by atoms with E-state index in [-0.39, 0.29) is 11.5 Å². The number of methoxy groups -OCH3 is 1. The maximum atomic E-state index is 13.2. The molecule has 1 rings (SSSR count). The van der Waals surface area contributed by atoms with Gasteiger partial charge >= 0.3 is 0 Å². The maximum Gasteiger partial charge on any atom is 0.215 e. The third kappa shape index (κ3) is 3.17. The van der Waals surface area contributed by atoms with Crippen LogP contribution in [0.5, 0.6) is 5.75 Å². The molecule has 0 unspecified atom stereocenters. The summed E-state index contributed by atoms with van der Waals surface area (Å²) >= 11 is 0. The fourth-order valence-electron chi connectivity index (χ4n) is 1.09. The van der Waals surface area contributed by atoms with E-state index in [9.17, 15) is 12.8 Å². The highest BCUT2D eigenvalue weighted by Crippen LogP contribution is 2.18. The Morgan fingerprint density at radius 1 is 1.47 bits per heavy atom. The number of hydrogen-bond donors (Lipinski definition) is 1. The van der Waals surface area contributed by atoms with Gasteiger partial charge in [-0.25, -0.2) is 17.5 Å². The third-order valence-electron chi connectivity index (χ3n) is 1.88. The molecule has 0 aromatic heterocycles. The Kier molecular flexibility index (Phi) is 3.65. The lowest BCUT2D eigenvalue weighted by Crippen LogP contribution is -2.20. The molecule has 1 aromatic carbocycles. The molecular weight excluding hydrogens is 221 g/mol. The van der Waals surface area contributed by atoms with E-state index >= 15 is 0 Å². The highest BCUT2D eigenvalue weighted by molar-refractivity contribution is 7.88. The van der Waals surface area contributed by atoms with Gasteiger partial charge < -0.3 is 4.74 Å². The van der Waals surface area contributed by atoms with Crippen LogP contribution < -0.4 is 9.46 Å². The second kappa shape index (κ2) is 4.59. The quantitative estimate of drug-likeness (QED) is 0.840. The Balaban J connectivity index is 2.94. The molecule has 15 heavy (non-hydrogen) atoms. The van der Waals surface area contributed by atoms with E-state index < -0.39 is 15.8 Å². The van der Waals surface area contributed by atoms with Gasteiger partial charge in [0.2, 0.25) is 10.0 Å². The van der Waals surface area contributed by atoms with Crippen LogP contribution in [-0.2, 0) is 15.8 Å². The minimum absolute atomic E-state index is 0.0978. The van der Waals surface area contributed by atoms with Crippen molar-refractivity contribution >= 4 is 10.0 Å². The van der Waals surface area contributed by atoms with Crippen molar-refractivity contribution in [1.29, 1.82) is 0 Å². The number of halogens is 1. The fraction of sp³-hybridized carbons (Fsp3) is 0.333. The molecule has 0 spiro atoms.